The largest absolute Gasteiger partial charge is 0.289 e. The number of halogens is 1. The van der Waals surface area contributed by atoms with Crippen LogP contribution in [0.2, 0.25) is 0 Å². The SMILES string of the molecule is CC(=CC=C1C=C(C)C(=O)C(C)=C1)CBr. The Morgan fingerprint density at radius 3 is 2.33 bits per heavy atom. The van der Waals surface area contributed by atoms with Crippen LogP contribution < -0.4 is 0 Å². The molecule has 1 nitrogen and oxygen atoms in total. The monoisotopic (exact) mass is 266 g/mol. The van der Waals surface area contributed by atoms with Crippen molar-refractivity contribution >= 4 is 21.7 Å². The molecule has 0 spiro atoms. The van der Waals surface area contributed by atoms with Gasteiger partial charge in [-0.05, 0) is 49.6 Å². The van der Waals surface area contributed by atoms with Crippen molar-refractivity contribution in [3.05, 3.63) is 46.6 Å². The normalized spacial score (nSPS) is 17.5. The van der Waals surface area contributed by atoms with Crippen molar-refractivity contribution in [1.29, 1.82) is 0 Å². The van der Waals surface area contributed by atoms with E-state index in [9.17, 15) is 4.79 Å². The summed E-state index contributed by atoms with van der Waals surface area (Å²) in [5.41, 5.74) is 3.97. The summed E-state index contributed by atoms with van der Waals surface area (Å²) in [4.78, 5) is 11.5. The van der Waals surface area contributed by atoms with Crippen LogP contribution >= 0.6 is 15.9 Å². The fourth-order valence-corrected chi connectivity index (χ4v) is 1.55. The van der Waals surface area contributed by atoms with Gasteiger partial charge in [-0.15, -0.1) is 0 Å². The fraction of sp³-hybridized carbons (Fsp3) is 0.308. The molecule has 0 aromatic rings. The maximum absolute atomic E-state index is 11.5. The molecule has 1 rings (SSSR count). The smallest absolute Gasteiger partial charge is 0.184 e. The van der Waals surface area contributed by atoms with Gasteiger partial charge in [-0.2, -0.15) is 0 Å². The Morgan fingerprint density at radius 1 is 1.33 bits per heavy atom. The summed E-state index contributed by atoms with van der Waals surface area (Å²) >= 11 is 3.39. The molecule has 0 aliphatic heterocycles. The van der Waals surface area contributed by atoms with Crippen LogP contribution in [0.4, 0.5) is 0 Å². The molecule has 0 saturated heterocycles. The van der Waals surface area contributed by atoms with Gasteiger partial charge in [-0.25, -0.2) is 0 Å². The van der Waals surface area contributed by atoms with Gasteiger partial charge in [0.25, 0.3) is 0 Å². The van der Waals surface area contributed by atoms with E-state index in [0.717, 1.165) is 22.0 Å². The van der Waals surface area contributed by atoms with Crippen molar-refractivity contribution in [2.75, 3.05) is 5.33 Å². The Labute approximate surface area is 99.4 Å². The summed E-state index contributed by atoms with van der Waals surface area (Å²) in [6.07, 6.45) is 7.95. The molecule has 0 N–H and O–H groups in total. The molecule has 1 aliphatic carbocycles. The molecule has 0 fully saturated rings. The van der Waals surface area contributed by atoms with Crippen LogP contribution in [-0.2, 0) is 4.79 Å². The van der Waals surface area contributed by atoms with Gasteiger partial charge < -0.3 is 0 Å². The lowest BCUT2D eigenvalue weighted by Gasteiger charge is -2.08. The number of carbonyl (C=O) groups is 1. The van der Waals surface area contributed by atoms with E-state index in [2.05, 4.69) is 28.9 Å². The van der Waals surface area contributed by atoms with Crippen LogP contribution in [0.3, 0.4) is 0 Å². The van der Waals surface area contributed by atoms with Crippen molar-refractivity contribution < 1.29 is 4.79 Å². The average molecular weight is 267 g/mol. The quantitative estimate of drug-likeness (QED) is 0.697. The molecule has 0 amide bonds. The molecule has 0 heterocycles. The maximum atomic E-state index is 11.5. The van der Waals surface area contributed by atoms with Gasteiger partial charge >= 0.3 is 0 Å². The van der Waals surface area contributed by atoms with Crippen molar-refractivity contribution in [3.8, 4) is 0 Å². The number of carbonyl (C=O) groups excluding carboxylic acids is 1. The lowest BCUT2D eigenvalue weighted by Crippen LogP contribution is -2.05. The molecule has 80 valence electrons. The number of rotatable bonds is 2. The summed E-state index contributed by atoms with van der Waals surface area (Å²) in [5, 5.41) is 0.876. The summed E-state index contributed by atoms with van der Waals surface area (Å²) in [6.45, 7) is 5.77. The van der Waals surface area contributed by atoms with Gasteiger partial charge in [0.15, 0.2) is 5.78 Å². The number of allylic oxidation sites excluding steroid dienone is 8. The van der Waals surface area contributed by atoms with E-state index in [1.54, 1.807) is 0 Å². The third kappa shape index (κ3) is 3.31. The maximum Gasteiger partial charge on any atom is 0.184 e. The molecule has 1 aliphatic rings. The van der Waals surface area contributed by atoms with Crippen LogP contribution in [0, 0.1) is 0 Å². The van der Waals surface area contributed by atoms with Gasteiger partial charge in [0.2, 0.25) is 0 Å². The third-order valence-corrected chi connectivity index (χ3v) is 3.14. The number of hydrogen-bond donors (Lipinski definition) is 0. The van der Waals surface area contributed by atoms with E-state index < -0.39 is 0 Å². The zero-order chi connectivity index (χ0) is 11.4. The minimum atomic E-state index is 0.147. The van der Waals surface area contributed by atoms with Crippen molar-refractivity contribution in [2.24, 2.45) is 0 Å². The Hall–Kier alpha value is -0.890. The first kappa shape index (κ1) is 12.2. The Bertz CT molecular complexity index is 371. The molecule has 0 atom stereocenters. The standard InChI is InChI=1S/C13H15BrO/c1-9(8-14)4-5-12-6-10(2)13(15)11(3)7-12/h4-7H,8H2,1-3H3. The van der Waals surface area contributed by atoms with Crippen LogP contribution in [0.5, 0.6) is 0 Å². The molecule has 0 aromatic heterocycles. The Morgan fingerprint density at radius 2 is 1.87 bits per heavy atom. The first-order valence-electron chi connectivity index (χ1n) is 4.89. The zero-order valence-corrected chi connectivity index (χ0v) is 10.9. The molecule has 0 bridgehead atoms. The molecule has 0 saturated carbocycles. The van der Waals surface area contributed by atoms with Gasteiger partial charge in [0.05, 0.1) is 0 Å². The average Bonchev–Trinajstić information content (AvgIpc) is 2.22. The van der Waals surface area contributed by atoms with Gasteiger partial charge in [0.1, 0.15) is 0 Å². The summed E-state index contributed by atoms with van der Waals surface area (Å²) in [6, 6.07) is 0. The second-order valence-electron chi connectivity index (χ2n) is 3.80. The van der Waals surface area contributed by atoms with E-state index in [1.807, 2.05) is 32.1 Å². The van der Waals surface area contributed by atoms with E-state index >= 15 is 0 Å². The number of hydrogen-bond acceptors (Lipinski definition) is 1. The molecule has 0 unspecified atom stereocenters. The van der Waals surface area contributed by atoms with Crippen molar-refractivity contribution in [1.82, 2.24) is 0 Å². The second-order valence-corrected chi connectivity index (χ2v) is 4.36. The lowest BCUT2D eigenvalue weighted by molar-refractivity contribution is -0.112. The summed E-state index contributed by atoms with van der Waals surface area (Å²) in [7, 11) is 0. The first-order valence-corrected chi connectivity index (χ1v) is 6.01. The van der Waals surface area contributed by atoms with Gasteiger partial charge in [-0.3, -0.25) is 4.79 Å². The first-order chi connectivity index (χ1) is 7.04. The molecular formula is C13H15BrO. The minimum absolute atomic E-state index is 0.147. The van der Waals surface area contributed by atoms with Crippen LogP contribution in [0.1, 0.15) is 20.8 Å². The van der Waals surface area contributed by atoms with Gasteiger partial charge in [0, 0.05) is 5.33 Å². The van der Waals surface area contributed by atoms with Crippen LogP contribution in [0.15, 0.2) is 46.6 Å². The van der Waals surface area contributed by atoms with Gasteiger partial charge in [-0.1, -0.05) is 33.7 Å². The highest BCUT2D eigenvalue weighted by Gasteiger charge is 2.11. The van der Waals surface area contributed by atoms with E-state index in [1.165, 1.54) is 5.57 Å². The van der Waals surface area contributed by atoms with Crippen LogP contribution in [0.25, 0.3) is 0 Å². The van der Waals surface area contributed by atoms with Crippen molar-refractivity contribution in [2.45, 2.75) is 20.8 Å². The molecule has 2 heteroatoms. The predicted molar refractivity (Wildman–Crippen MR) is 68.2 cm³/mol. The Balaban J connectivity index is 2.95. The number of ketones is 1. The molecule has 0 aromatic carbocycles. The number of alkyl halides is 1. The summed E-state index contributed by atoms with van der Waals surface area (Å²) in [5.74, 6) is 0.147. The fourth-order valence-electron chi connectivity index (χ4n) is 1.36. The zero-order valence-electron chi connectivity index (χ0n) is 9.30. The second kappa shape index (κ2) is 5.26. The topological polar surface area (TPSA) is 17.1 Å². The minimum Gasteiger partial charge on any atom is -0.289 e. The molecule has 0 radical (unpaired) electrons. The third-order valence-electron chi connectivity index (χ3n) is 2.25. The lowest BCUT2D eigenvalue weighted by atomic mass is 9.95. The predicted octanol–water partition coefficient (Wildman–Crippen LogP) is 3.73. The van der Waals surface area contributed by atoms with E-state index in [0.29, 0.717) is 0 Å². The van der Waals surface area contributed by atoms with Crippen molar-refractivity contribution in [3.63, 3.8) is 0 Å². The highest BCUT2D eigenvalue weighted by Crippen LogP contribution is 2.18. The van der Waals surface area contributed by atoms with Crippen LogP contribution in [-0.4, -0.2) is 11.1 Å². The highest BCUT2D eigenvalue weighted by atomic mass is 79.9. The number of Topliss-reactive ketones (excluding diaryl/α,β-unsaturated/α-hetero) is 1. The molecular weight excluding hydrogens is 252 g/mol. The van der Waals surface area contributed by atoms with E-state index in [4.69, 9.17) is 0 Å². The highest BCUT2D eigenvalue weighted by molar-refractivity contribution is 9.09. The van der Waals surface area contributed by atoms with E-state index in [-0.39, 0.29) is 5.78 Å². The Kier molecular flexibility index (Phi) is 4.28. The summed E-state index contributed by atoms with van der Waals surface area (Å²) < 4.78 is 0. The molecule has 15 heavy (non-hydrogen) atoms.